The Hall–Kier alpha value is -1.64. The number of likely N-dealkylation sites (N-methyl/N-ethyl adjacent to an activating group) is 1. The molecule has 0 aliphatic rings. The minimum Gasteiger partial charge on any atom is -0.327 e. The summed E-state index contributed by atoms with van der Waals surface area (Å²) < 4.78 is 0. The molecular weight excluding hydrogens is 256 g/mol. The molecular formula is C19H26N2. The van der Waals surface area contributed by atoms with E-state index in [4.69, 9.17) is 5.73 Å². The molecule has 2 rings (SSSR count). The summed E-state index contributed by atoms with van der Waals surface area (Å²) in [7, 11) is 2.15. The average Bonchev–Trinajstić information content (AvgIpc) is 2.48. The summed E-state index contributed by atoms with van der Waals surface area (Å²) in [5, 5.41) is 0. The van der Waals surface area contributed by atoms with Gasteiger partial charge in [0.2, 0.25) is 0 Å². The molecule has 2 nitrogen and oxygen atoms in total. The van der Waals surface area contributed by atoms with Gasteiger partial charge in [-0.25, -0.2) is 0 Å². The van der Waals surface area contributed by atoms with Crippen LogP contribution >= 0.6 is 0 Å². The van der Waals surface area contributed by atoms with E-state index in [9.17, 15) is 0 Å². The molecule has 0 saturated heterocycles. The molecule has 21 heavy (non-hydrogen) atoms. The Morgan fingerprint density at radius 3 is 2.38 bits per heavy atom. The fourth-order valence-electron chi connectivity index (χ4n) is 2.63. The van der Waals surface area contributed by atoms with Crippen LogP contribution in [0.15, 0.2) is 54.6 Å². The van der Waals surface area contributed by atoms with Crippen LogP contribution in [0.5, 0.6) is 0 Å². The van der Waals surface area contributed by atoms with Gasteiger partial charge in [-0.15, -0.1) is 0 Å². The highest BCUT2D eigenvalue weighted by Crippen LogP contribution is 2.10. The molecule has 0 heterocycles. The van der Waals surface area contributed by atoms with Crippen molar-refractivity contribution >= 4 is 0 Å². The molecule has 1 unspecified atom stereocenters. The molecule has 2 N–H and O–H groups in total. The lowest BCUT2D eigenvalue weighted by Crippen LogP contribution is -2.35. The van der Waals surface area contributed by atoms with Crippen LogP contribution in [0.2, 0.25) is 0 Å². The van der Waals surface area contributed by atoms with Gasteiger partial charge in [-0.1, -0.05) is 54.6 Å². The molecule has 0 spiro atoms. The summed E-state index contributed by atoms with van der Waals surface area (Å²) in [6.07, 6.45) is 2.09. The van der Waals surface area contributed by atoms with Gasteiger partial charge in [0.1, 0.15) is 0 Å². The first kappa shape index (κ1) is 15.7. The van der Waals surface area contributed by atoms with E-state index in [1.165, 1.54) is 16.7 Å². The summed E-state index contributed by atoms with van der Waals surface area (Å²) >= 11 is 0. The lowest BCUT2D eigenvalue weighted by atomic mass is 10.0. The molecule has 0 bridgehead atoms. The van der Waals surface area contributed by atoms with Gasteiger partial charge in [-0.3, -0.25) is 0 Å². The molecule has 2 aromatic carbocycles. The lowest BCUT2D eigenvalue weighted by molar-refractivity contribution is 0.297. The summed E-state index contributed by atoms with van der Waals surface area (Å²) in [5.74, 6) is 0. The van der Waals surface area contributed by atoms with Crippen molar-refractivity contribution in [3.8, 4) is 0 Å². The Bertz CT molecular complexity index is 536. The summed E-state index contributed by atoms with van der Waals surface area (Å²) in [6.45, 7) is 4.06. The highest BCUT2D eigenvalue weighted by molar-refractivity contribution is 5.25. The van der Waals surface area contributed by atoms with Crippen molar-refractivity contribution < 1.29 is 0 Å². The second kappa shape index (κ2) is 7.96. The monoisotopic (exact) mass is 282 g/mol. The van der Waals surface area contributed by atoms with Crippen molar-refractivity contribution in [2.45, 2.75) is 32.4 Å². The topological polar surface area (TPSA) is 29.3 Å². The van der Waals surface area contributed by atoms with Gasteiger partial charge in [0.25, 0.3) is 0 Å². The van der Waals surface area contributed by atoms with E-state index in [0.29, 0.717) is 0 Å². The third kappa shape index (κ3) is 5.33. The molecule has 0 saturated carbocycles. The third-order valence-corrected chi connectivity index (χ3v) is 3.89. The smallest absolute Gasteiger partial charge is 0.0233 e. The summed E-state index contributed by atoms with van der Waals surface area (Å²) in [5.41, 5.74) is 10.4. The van der Waals surface area contributed by atoms with Crippen LogP contribution in [0.3, 0.4) is 0 Å². The first-order valence-electron chi connectivity index (χ1n) is 7.67. The Morgan fingerprint density at radius 2 is 1.67 bits per heavy atom. The zero-order valence-corrected chi connectivity index (χ0v) is 13.1. The second-order valence-electron chi connectivity index (χ2n) is 5.91. The van der Waals surface area contributed by atoms with Crippen molar-refractivity contribution in [3.05, 3.63) is 71.3 Å². The number of nitrogens with zero attached hydrogens (tertiary/aromatic N) is 1. The van der Waals surface area contributed by atoms with Crippen LogP contribution < -0.4 is 5.73 Å². The van der Waals surface area contributed by atoms with Gasteiger partial charge in [-0.05, 0) is 43.5 Å². The molecule has 2 heteroatoms. The Kier molecular flexibility index (Phi) is 5.97. The van der Waals surface area contributed by atoms with E-state index >= 15 is 0 Å². The van der Waals surface area contributed by atoms with Crippen LogP contribution in [0.25, 0.3) is 0 Å². The molecule has 0 aliphatic heterocycles. The molecule has 0 aromatic heterocycles. The number of hydrogen-bond acceptors (Lipinski definition) is 2. The number of nitrogens with two attached hydrogens (primary N) is 1. The van der Waals surface area contributed by atoms with Gasteiger partial charge in [0.15, 0.2) is 0 Å². The van der Waals surface area contributed by atoms with Gasteiger partial charge >= 0.3 is 0 Å². The van der Waals surface area contributed by atoms with Gasteiger partial charge < -0.3 is 10.6 Å². The van der Waals surface area contributed by atoms with Gasteiger partial charge in [0.05, 0.1) is 0 Å². The minimum atomic E-state index is 0.222. The molecule has 112 valence electrons. The highest BCUT2D eigenvalue weighted by atomic mass is 15.1. The van der Waals surface area contributed by atoms with Crippen LogP contribution in [0.4, 0.5) is 0 Å². The maximum atomic E-state index is 6.27. The SMILES string of the molecule is Cc1ccccc1CN(C)CC(N)CCc1ccccc1. The molecule has 0 aliphatic carbocycles. The normalized spacial score (nSPS) is 12.6. The van der Waals surface area contributed by atoms with Crippen LogP contribution in [-0.4, -0.2) is 24.5 Å². The summed E-state index contributed by atoms with van der Waals surface area (Å²) in [4.78, 5) is 2.32. The minimum absolute atomic E-state index is 0.222. The van der Waals surface area contributed by atoms with Gasteiger partial charge in [0, 0.05) is 19.1 Å². The van der Waals surface area contributed by atoms with E-state index in [2.05, 4.69) is 73.5 Å². The van der Waals surface area contributed by atoms with E-state index in [0.717, 1.165) is 25.9 Å². The molecule has 0 radical (unpaired) electrons. The second-order valence-corrected chi connectivity index (χ2v) is 5.91. The quantitative estimate of drug-likeness (QED) is 0.843. The van der Waals surface area contributed by atoms with Gasteiger partial charge in [-0.2, -0.15) is 0 Å². The van der Waals surface area contributed by atoms with E-state index in [-0.39, 0.29) is 6.04 Å². The number of rotatable bonds is 7. The standard InChI is InChI=1S/C19H26N2/c1-16-8-6-7-11-18(16)14-21(2)15-19(20)13-12-17-9-4-3-5-10-17/h3-11,19H,12-15,20H2,1-2H3. The van der Waals surface area contributed by atoms with Crippen LogP contribution in [0.1, 0.15) is 23.1 Å². The average molecular weight is 282 g/mol. The number of benzene rings is 2. The zero-order valence-electron chi connectivity index (χ0n) is 13.1. The fraction of sp³-hybridized carbons (Fsp3) is 0.368. The molecule has 0 fully saturated rings. The molecule has 2 aromatic rings. The zero-order chi connectivity index (χ0) is 15.1. The van der Waals surface area contributed by atoms with Crippen molar-refractivity contribution in [1.82, 2.24) is 4.90 Å². The summed E-state index contributed by atoms with van der Waals surface area (Å²) in [6, 6.07) is 19.3. The third-order valence-electron chi connectivity index (χ3n) is 3.89. The number of hydrogen-bond donors (Lipinski definition) is 1. The van der Waals surface area contributed by atoms with Crippen molar-refractivity contribution in [1.29, 1.82) is 0 Å². The number of aryl methyl sites for hydroxylation is 2. The highest BCUT2D eigenvalue weighted by Gasteiger charge is 2.08. The first-order chi connectivity index (χ1) is 10.1. The Balaban J connectivity index is 1.77. The van der Waals surface area contributed by atoms with E-state index in [1.54, 1.807) is 0 Å². The maximum absolute atomic E-state index is 6.27. The van der Waals surface area contributed by atoms with E-state index in [1.807, 2.05) is 0 Å². The Morgan fingerprint density at radius 1 is 1.00 bits per heavy atom. The predicted molar refractivity (Wildman–Crippen MR) is 90.3 cm³/mol. The van der Waals surface area contributed by atoms with Crippen molar-refractivity contribution in [2.24, 2.45) is 5.73 Å². The first-order valence-corrected chi connectivity index (χ1v) is 7.67. The fourth-order valence-corrected chi connectivity index (χ4v) is 2.63. The van der Waals surface area contributed by atoms with E-state index < -0.39 is 0 Å². The van der Waals surface area contributed by atoms with Crippen LogP contribution in [0, 0.1) is 6.92 Å². The van der Waals surface area contributed by atoms with Crippen molar-refractivity contribution in [2.75, 3.05) is 13.6 Å². The van der Waals surface area contributed by atoms with Crippen molar-refractivity contribution in [3.63, 3.8) is 0 Å². The Labute approximate surface area is 128 Å². The predicted octanol–water partition coefficient (Wildman–Crippen LogP) is 3.39. The van der Waals surface area contributed by atoms with Crippen LogP contribution in [-0.2, 0) is 13.0 Å². The lowest BCUT2D eigenvalue weighted by Gasteiger charge is -2.22. The molecule has 1 atom stereocenters. The largest absolute Gasteiger partial charge is 0.327 e. The maximum Gasteiger partial charge on any atom is 0.0233 e. The molecule has 0 amide bonds.